The van der Waals surface area contributed by atoms with Gasteiger partial charge in [0.05, 0.1) is 19.7 Å². The molecule has 0 saturated carbocycles. The smallest absolute Gasteiger partial charge is 0.246 e. The minimum absolute atomic E-state index is 0.0336. The third-order valence-electron chi connectivity index (χ3n) is 6.27. The van der Waals surface area contributed by atoms with Gasteiger partial charge in [0.25, 0.3) is 0 Å². The van der Waals surface area contributed by atoms with E-state index in [1.807, 2.05) is 23.1 Å². The van der Waals surface area contributed by atoms with Gasteiger partial charge in [0.15, 0.2) is 0 Å². The lowest BCUT2D eigenvalue weighted by Gasteiger charge is -2.40. The molecule has 2 aromatic rings. The molecule has 2 aliphatic rings. The summed E-state index contributed by atoms with van der Waals surface area (Å²) in [7, 11) is 1.69. The topological polar surface area (TPSA) is 53.1 Å². The third kappa shape index (κ3) is 4.35. The van der Waals surface area contributed by atoms with E-state index in [0.29, 0.717) is 32.7 Å². The summed E-state index contributed by atoms with van der Waals surface area (Å²) in [5.74, 6) is 0.860. The van der Waals surface area contributed by atoms with Gasteiger partial charge in [-0.25, -0.2) is 0 Å². The van der Waals surface area contributed by atoms with Gasteiger partial charge in [-0.1, -0.05) is 49.0 Å². The number of ether oxygens (including phenoxy) is 1. The van der Waals surface area contributed by atoms with Gasteiger partial charge >= 0.3 is 0 Å². The van der Waals surface area contributed by atoms with Crippen LogP contribution < -0.4 is 4.74 Å². The molecule has 0 aromatic heterocycles. The third-order valence-corrected chi connectivity index (χ3v) is 6.27. The number of amides is 2. The van der Waals surface area contributed by atoms with Crippen LogP contribution in [0.5, 0.6) is 5.75 Å². The number of para-hydroxylation sites is 1. The minimum Gasteiger partial charge on any atom is -0.496 e. The van der Waals surface area contributed by atoms with Gasteiger partial charge < -0.3 is 14.5 Å². The molecule has 1 atom stereocenters. The van der Waals surface area contributed by atoms with Crippen LogP contribution in [0.25, 0.3) is 0 Å². The summed E-state index contributed by atoms with van der Waals surface area (Å²) in [6.07, 6.45) is 2.25. The fraction of sp³-hybridized carbons (Fsp3) is 0.360. The lowest BCUT2D eigenvalue weighted by molar-refractivity contribution is -0.138. The number of rotatable bonds is 5. The summed E-state index contributed by atoms with van der Waals surface area (Å²) in [5, 5.41) is 0. The molecule has 0 aliphatic carbocycles. The molecule has 2 aromatic carbocycles. The Bertz CT molecular complexity index is 966. The van der Waals surface area contributed by atoms with Crippen molar-refractivity contribution in [3.63, 3.8) is 0 Å². The maximum absolute atomic E-state index is 13.2. The Morgan fingerprint density at radius 3 is 2.32 bits per heavy atom. The summed E-state index contributed by atoms with van der Waals surface area (Å²) in [5.41, 5.74) is 3.62. The number of piperazine rings is 1. The molecule has 1 saturated heterocycles. The van der Waals surface area contributed by atoms with Gasteiger partial charge in [0, 0.05) is 38.3 Å². The lowest BCUT2D eigenvalue weighted by atomic mass is 9.87. The molecule has 2 aliphatic heterocycles. The number of carbonyl (C=O) groups excluding carboxylic acids is 2. The summed E-state index contributed by atoms with van der Waals surface area (Å²) in [4.78, 5) is 30.9. The van der Waals surface area contributed by atoms with E-state index in [4.69, 9.17) is 4.74 Å². The van der Waals surface area contributed by atoms with Crippen molar-refractivity contribution in [2.75, 3.05) is 46.4 Å². The molecule has 31 heavy (non-hydrogen) atoms. The number of hydrogen-bond donors (Lipinski definition) is 0. The standard InChI is InChI=1S/C25H29N3O3/c1-3-23(29)26-14-16-27(17-15-26)24(30)18-28-13-12-19-8-4-5-9-20(19)25(28)21-10-6-7-11-22(21)31-2/h3-11,25H,1,12-18H2,2H3. The van der Waals surface area contributed by atoms with Crippen molar-refractivity contribution in [3.8, 4) is 5.75 Å². The number of hydrogen-bond acceptors (Lipinski definition) is 4. The molecule has 0 spiro atoms. The van der Waals surface area contributed by atoms with Crippen LogP contribution >= 0.6 is 0 Å². The zero-order valence-corrected chi connectivity index (χ0v) is 18.0. The van der Waals surface area contributed by atoms with E-state index in [2.05, 4.69) is 41.8 Å². The van der Waals surface area contributed by atoms with E-state index in [9.17, 15) is 9.59 Å². The molecular formula is C25H29N3O3. The summed E-state index contributed by atoms with van der Waals surface area (Å²) in [6, 6.07) is 16.5. The Hall–Kier alpha value is -3.12. The number of nitrogens with zero attached hydrogens (tertiary/aromatic N) is 3. The van der Waals surface area contributed by atoms with Crippen LogP contribution in [0, 0.1) is 0 Å². The molecule has 1 unspecified atom stereocenters. The van der Waals surface area contributed by atoms with Crippen LogP contribution in [-0.2, 0) is 16.0 Å². The molecular weight excluding hydrogens is 390 g/mol. The van der Waals surface area contributed by atoms with Gasteiger partial charge in [-0.15, -0.1) is 0 Å². The number of methoxy groups -OCH3 is 1. The zero-order valence-electron chi connectivity index (χ0n) is 18.0. The second-order valence-electron chi connectivity index (χ2n) is 7.97. The largest absolute Gasteiger partial charge is 0.496 e. The molecule has 4 rings (SSSR count). The van der Waals surface area contributed by atoms with Crippen molar-refractivity contribution in [1.82, 2.24) is 14.7 Å². The second-order valence-corrected chi connectivity index (χ2v) is 7.97. The molecule has 0 N–H and O–H groups in total. The Morgan fingerprint density at radius 2 is 1.61 bits per heavy atom. The molecule has 1 fully saturated rings. The molecule has 0 radical (unpaired) electrons. The quantitative estimate of drug-likeness (QED) is 0.699. The summed E-state index contributed by atoms with van der Waals surface area (Å²) in [6.45, 7) is 6.91. The molecule has 162 valence electrons. The summed E-state index contributed by atoms with van der Waals surface area (Å²) < 4.78 is 5.66. The normalized spacial score (nSPS) is 18.9. The Kier molecular flexibility index (Phi) is 6.37. The molecule has 6 nitrogen and oxygen atoms in total. The van der Waals surface area contributed by atoms with Gasteiger partial charge in [0.1, 0.15) is 5.75 Å². The van der Waals surface area contributed by atoms with Crippen LogP contribution in [0.3, 0.4) is 0 Å². The molecule has 2 amide bonds. The second kappa shape index (κ2) is 9.35. The van der Waals surface area contributed by atoms with Gasteiger partial charge in [-0.3, -0.25) is 14.5 Å². The maximum Gasteiger partial charge on any atom is 0.246 e. The first-order valence-corrected chi connectivity index (χ1v) is 10.8. The van der Waals surface area contributed by atoms with E-state index in [0.717, 1.165) is 24.3 Å². The minimum atomic E-state index is -0.0732. The van der Waals surface area contributed by atoms with Gasteiger partial charge in [-0.05, 0) is 29.7 Å². The highest BCUT2D eigenvalue weighted by Gasteiger charge is 2.33. The van der Waals surface area contributed by atoms with Crippen molar-refractivity contribution in [1.29, 1.82) is 0 Å². The highest BCUT2D eigenvalue weighted by Crippen LogP contribution is 2.39. The van der Waals surface area contributed by atoms with Crippen molar-refractivity contribution in [2.45, 2.75) is 12.5 Å². The van der Waals surface area contributed by atoms with Crippen molar-refractivity contribution in [2.24, 2.45) is 0 Å². The first-order valence-electron chi connectivity index (χ1n) is 10.8. The zero-order chi connectivity index (χ0) is 21.8. The molecule has 6 heteroatoms. The highest BCUT2D eigenvalue weighted by atomic mass is 16.5. The SMILES string of the molecule is C=CC(=O)N1CCN(C(=O)CN2CCc3ccccc3C2c2ccccc2OC)CC1. The van der Waals surface area contributed by atoms with Crippen molar-refractivity contribution in [3.05, 3.63) is 77.9 Å². The average molecular weight is 420 g/mol. The molecule has 0 bridgehead atoms. The van der Waals surface area contributed by atoms with Crippen LogP contribution in [0.2, 0.25) is 0 Å². The molecule has 2 heterocycles. The average Bonchev–Trinajstić information content (AvgIpc) is 2.83. The van der Waals surface area contributed by atoms with Crippen LogP contribution in [-0.4, -0.2) is 72.9 Å². The van der Waals surface area contributed by atoms with Crippen molar-refractivity contribution < 1.29 is 14.3 Å². The first kappa shape index (κ1) is 21.1. The van der Waals surface area contributed by atoms with Crippen LogP contribution in [0.1, 0.15) is 22.7 Å². The number of fused-ring (bicyclic) bond motifs is 1. The predicted octanol–water partition coefficient (Wildman–Crippen LogP) is 2.50. The lowest BCUT2D eigenvalue weighted by Crippen LogP contribution is -2.53. The number of carbonyl (C=O) groups is 2. The van der Waals surface area contributed by atoms with E-state index in [1.165, 1.54) is 17.2 Å². The predicted molar refractivity (Wildman–Crippen MR) is 120 cm³/mol. The van der Waals surface area contributed by atoms with Crippen LogP contribution in [0.4, 0.5) is 0 Å². The highest BCUT2D eigenvalue weighted by molar-refractivity contribution is 5.87. The monoisotopic (exact) mass is 419 g/mol. The fourth-order valence-electron chi connectivity index (χ4n) is 4.62. The van der Waals surface area contributed by atoms with Gasteiger partial charge in [0.2, 0.25) is 11.8 Å². The van der Waals surface area contributed by atoms with Crippen molar-refractivity contribution >= 4 is 11.8 Å². The fourth-order valence-corrected chi connectivity index (χ4v) is 4.62. The number of benzene rings is 2. The van der Waals surface area contributed by atoms with E-state index >= 15 is 0 Å². The van der Waals surface area contributed by atoms with E-state index in [1.54, 1.807) is 12.0 Å². The van der Waals surface area contributed by atoms with E-state index in [-0.39, 0.29) is 17.9 Å². The van der Waals surface area contributed by atoms with E-state index < -0.39 is 0 Å². The Balaban J connectivity index is 1.55. The first-order chi connectivity index (χ1) is 15.1. The Morgan fingerprint density at radius 1 is 0.968 bits per heavy atom. The van der Waals surface area contributed by atoms with Crippen LogP contribution in [0.15, 0.2) is 61.2 Å². The summed E-state index contributed by atoms with van der Waals surface area (Å²) >= 11 is 0. The maximum atomic E-state index is 13.2. The van der Waals surface area contributed by atoms with Gasteiger partial charge in [-0.2, -0.15) is 0 Å². The Labute approximate surface area is 183 Å².